The number of nitrogens with one attached hydrogen (secondary N) is 3. The predicted molar refractivity (Wildman–Crippen MR) is 111 cm³/mol. The molecule has 2 aromatic carbocycles. The molecule has 0 radical (unpaired) electrons. The van der Waals surface area contributed by atoms with Crippen molar-refractivity contribution >= 4 is 44.3 Å². The largest absolute Gasteiger partial charge is 0.338 e. The number of amides is 3. The average Bonchev–Trinajstić information content (AvgIpc) is 2.99. The highest BCUT2D eigenvalue weighted by Crippen LogP contribution is 2.28. The van der Waals surface area contributed by atoms with Gasteiger partial charge in [0.05, 0.1) is 10.2 Å². The van der Waals surface area contributed by atoms with Gasteiger partial charge in [0.15, 0.2) is 5.13 Å². The van der Waals surface area contributed by atoms with Gasteiger partial charge >= 0.3 is 6.03 Å². The minimum Gasteiger partial charge on any atom is -0.338 e. The maximum absolute atomic E-state index is 12.7. The summed E-state index contributed by atoms with van der Waals surface area (Å²) < 4.78 is 0.840. The first-order chi connectivity index (χ1) is 12.9. The fourth-order valence-electron chi connectivity index (χ4n) is 2.98. The van der Waals surface area contributed by atoms with Crippen LogP contribution in [0.4, 0.5) is 15.6 Å². The quantitative estimate of drug-likeness (QED) is 0.616. The third kappa shape index (κ3) is 4.25. The number of urea groups is 1. The van der Waals surface area contributed by atoms with Gasteiger partial charge in [0.25, 0.3) is 5.91 Å². The normalized spacial score (nSPS) is 10.7. The van der Waals surface area contributed by atoms with Gasteiger partial charge in [-0.2, -0.15) is 0 Å². The number of hydrogen-bond donors (Lipinski definition) is 3. The third-order valence-corrected chi connectivity index (χ3v) is 5.06. The van der Waals surface area contributed by atoms with Gasteiger partial charge in [0, 0.05) is 17.8 Å². The van der Waals surface area contributed by atoms with Crippen molar-refractivity contribution in [1.29, 1.82) is 0 Å². The molecule has 3 N–H and O–H groups in total. The molecule has 0 aliphatic rings. The fourth-order valence-corrected chi connectivity index (χ4v) is 3.88. The predicted octanol–water partition coefficient (Wildman–Crippen LogP) is 4.62. The van der Waals surface area contributed by atoms with E-state index in [9.17, 15) is 9.59 Å². The number of anilines is 2. The Hall–Kier alpha value is -2.93. The van der Waals surface area contributed by atoms with Crippen LogP contribution in [0.25, 0.3) is 10.2 Å². The monoisotopic (exact) mass is 382 g/mol. The Morgan fingerprint density at radius 3 is 2.41 bits per heavy atom. The third-order valence-electron chi connectivity index (χ3n) is 4.12. The van der Waals surface area contributed by atoms with Crippen molar-refractivity contribution in [1.82, 2.24) is 10.3 Å². The molecule has 3 amide bonds. The fraction of sp³-hybridized carbons (Fsp3) is 0.250. The molecule has 7 heteroatoms. The molecule has 0 unspecified atom stereocenters. The first-order valence-corrected chi connectivity index (χ1v) is 9.53. The van der Waals surface area contributed by atoms with Crippen molar-refractivity contribution in [2.45, 2.75) is 27.7 Å². The SMILES string of the molecule is CCNC(=O)Nc1nc2ccc(C(=O)Nc3c(C)cc(C)cc3C)cc2s1. The topological polar surface area (TPSA) is 83.1 Å². The summed E-state index contributed by atoms with van der Waals surface area (Å²) in [7, 11) is 0. The Morgan fingerprint density at radius 2 is 1.74 bits per heavy atom. The number of thiazole rings is 1. The van der Waals surface area contributed by atoms with Crippen LogP contribution in [0.1, 0.15) is 34.0 Å². The summed E-state index contributed by atoms with van der Waals surface area (Å²) in [5.74, 6) is -0.168. The van der Waals surface area contributed by atoms with Crippen LogP contribution in [0, 0.1) is 20.8 Å². The van der Waals surface area contributed by atoms with Crippen LogP contribution in [0.3, 0.4) is 0 Å². The van der Waals surface area contributed by atoms with Gasteiger partial charge in [-0.3, -0.25) is 10.1 Å². The molecule has 0 aliphatic carbocycles. The number of rotatable bonds is 4. The lowest BCUT2D eigenvalue weighted by atomic mass is 10.0. The van der Waals surface area contributed by atoms with E-state index < -0.39 is 0 Å². The van der Waals surface area contributed by atoms with E-state index in [4.69, 9.17) is 0 Å². The minimum atomic E-state index is -0.292. The molecule has 3 rings (SSSR count). The first-order valence-electron chi connectivity index (χ1n) is 8.72. The second-order valence-electron chi connectivity index (χ2n) is 6.41. The van der Waals surface area contributed by atoms with Crippen LogP contribution >= 0.6 is 11.3 Å². The lowest BCUT2D eigenvalue weighted by Gasteiger charge is -2.12. The summed E-state index contributed by atoms with van der Waals surface area (Å²) in [5, 5.41) is 8.87. The minimum absolute atomic E-state index is 0.168. The van der Waals surface area contributed by atoms with Gasteiger partial charge in [-0.1, -0.05) is 29.0 Å². The first kappa shape index (κ1) is 18.8. The second-order valence-corrected chi connectivity index (χ2v) is 7.44. The molecule has 27 heavy (non-hydrogen) atoms. The standard InChI is InChI=1S/C20H22N4O2S/c1-5-21-19(26)24-20-22-15-7-6-14(10-16(15)27-20)18(25)23-17-12(3)8-11(2)9-13(17)4/h6-10H,5H2,1-4H3,(H,23,25)(H2,21,22,24,26). The Balaban J connectivity index is 1.82. The van der Waals surface area contributed by atoms with Crippen LogP contribution in [-0.2, 0) is 0 Å². The molecule has 0 bridgehead atoms. The summed E-state index contributed by atoms with van der Waals surface area (Å²) in [4.78, 5) is 28.7. The lowest BCUT2D eigenvalue weighted by Crippen LogP contribution is -2.28. The smallest absolute Gasteiger partial charge is 0.321 e. The molecular weight excluding hydrogens is 360 g/mol. The van der Waals surface area contributed by atoms with Crippen molar-refractivity contribution in [3.63, 3.8) is 0 Å². The number of nitrogens with zero attached hydrogens (tertiary/aromatic N) is 1. The summed E-state index contributed by atoms with van der Waals surface area (Å²) in [6, 6.07) is 9.14. The van der Waals surface area contributed by atoms with E-state index >= 15 is 0 Å². The lowest BCUT2D eigenvalue weighted by molar-refractivity contribution is 0.102. The van der Waals surface area contributed by atoms with E-state index in [2.05, 4.69) is 20.9 Å². The van der Waals surface area contributed by atoms with Gasteiger partial charge in [-0.15, -0.1) is 0 Å². The van der Waals surface area contributed by atoms with Crippen LogP contribution in [-0.4, -0.2) is 23.5 Å². The molecule has 140 valence electrons. The van der Waals surface area contributed by atoms with E-state index in [0.29, 0.717) is 17.2 Å². The van der Waals surface area contributed by atoms with Crippen molar-refractivity contribution in [2.24, 2.45) is 0 Å². The van der Waals surface area contributed by atoms with Gasteiger partial charge < -0.3 is 10.6 Å². The highest BCUT2D eigenvalue weighted by Gasteiger charge is 2.13. The molecule has 3 aromatic rings. The zero-order valence-electron chi connectivity index (χ0n) is 15.8. The van der Waals surface area contributed by atoms with Crippen molar-refractivity contribution in [3.05, 3.63) is 52.6 Å². The average molecular weight is 382 g/mol. The highest BCUT2D eigenvalue weighted by molar-refractivity contribution is 7.22. The number of benzene rings is 2. The molecule has 0 aliphatic heterocycles. The molecule has 0 saturated heterocycles. The number of carbonyl (C=O) groups excluding carboxylic acids is 2. The van der Waals surface area contributed by atoms with Gasteiger partial charge in [0.1, 0.15) is 0 Å². The Kier molecular flexibility index (Phi) is 5.41. The molecular formula is C20H22N4O2S. The van der Waals surface area contributed by atoms with Crippen molar-refractivity contribution in [3.8, 4) is 0 Å². The molecule has 0 spiro atoms. The summed E-state index contributed by atoms with van der Waals surface area (Å²) in [6.45, 7) is 8.40. The number of aryl methyl sites for hydroxylation is 3. The van der Waals surface area contributed by atoms with E-state index in [1.807, 2.05) is 39.8 Å². The number of fused-ring (bicyclic) bond motifs is 1. The van der Waals surface area contributed by atoms with Crippen molar-refractivity contribution in [2.75, 3.05) is 17.2 Å². The summed E-state index contributed by atoms with van der Waals surface area (Å²) in [5.41, 5.74) is 5.37. The van der Waals surface area contributed by atoms with Crippen LogP contribution in [0.15, 0.2) is 30.3 Å². The number of hydrogen-bond acceptors (Lipinski definition) is 4. The van der Waals surface area contributed by atoms with Crippen LogP contribution < -0.4 is 16.0 Å². The maximum atomic E-state index is 12.7. The van der Waals surface area contributed by atoms with Gasteiger partial charge in [0.2, 0.25) is 0 Å². The molecule has 0 atom stereocenters. The zero-order valence-corrected chi connectivity index (χ0v) is 16.6. The maximum Gasteiger partial charge on any atom is 0.321 e. The Bertz CT molecular complexity index is 1000. The highest BCUT2D eigenvalue weighted by atomic mass is 32.1. The second kappa shape index (κ2) is 7.75. The summed E-state index contributed by atoms with van der Waals surface area (Å²) >= 11 is 1.33. The molecule has 6 nitrogen and oxygen atoms in total. The van der Waals surface area contributed by atoms with E-state index in [1.54, 1.807) is 18.2 Å². The number of carbonyl (C=O) groups is 2. The van der Waals surface area contributed by atoms with E-state index in [1.165, 1.54) is 16.9 Å². The van der Waals surface area contributed by atoms with Crippen molar-refractivity contribution < 1.29 is 9.59 Å². The Labute approximate surface area is 162 Å². The Morgan fingerprint density at radius 1 is 1.04 bits per heavy atom. The molecule has 0 saturated carbocycles. The van der Waals surface area contributed by atoms with E-state index in [0.717, 1.165) is 27.0 Å². The van der Waals surface area contributed by atoms with E-state index in [-0.39, 0.29) is 11.9 Å². The molecule has 0 fully saturated rings. The zero-order chi connectivity index (χ0) is 19.6. The molecule has 1 aromatic heterocycles. The van der Waals surface area contributed by atoms with Gasteiger partial charge in [-0.25, -0.2) is 9.78 Å². The van der Waals surface area contributed by atoms with Crippen LogP contribution in [0.2, 0.25) is 0 Å². The molecule has 1 heterocycles. The summed E-state index contributed by atoms with van der Waals surface area (Å²) in [6.07, 6.45) is 0. The number of aromatic nitrogens is 1. The van der Waals surface area contributed by atoms with Gasteiger partial charge in [-0.05, 0) is 57.0 Å². The van der Waals surface area contributed by atoms with Crippen LogP contribution in [0.5, 0.6) is 0 Å².